The van der Waals surface area contributed by atoms with Gasteiger partial charge in [0.25, 0.3) is 0 Å². The first kappa shape index (κ1) is 19.8. The molecule has 1 aliphatic rings. The Bertz CT molecular complexity index is 872. The van der Waals surface area contributed by atoms with Crippen molar-refractivity contribution >= 4 is 0 Å². The van der Waals surface area contributed by atoms with E-state index in [2.05, 4.69) is 54.7 Å². The van der Waals surface area contributed by atoms with Gasteiger partial charge in [-0.3, -0.25) is 14.8 Å². The average Bonchev–Trinajstić information content (AvgIpc) is 3.20. The fourth-order valence-corrected chi connectivity index (χ4v) is 3.74. The van der Waals surface area contributed by atoms with Crippen LogP contribution in [-0.2, 0) is 17.8 Å². The van der Waals surface area contributed by atoms with E-state index in [0.717, 1.165) is 64.0 Å². The van der Waals surface area contributed by atoms with Crippen LogP contribution in [0.5, 0.6) is 0 Å². The molecule has 0 radical (unpaired) electrons. The minimum absolute atomic E-state index is 0.845. The molecule has 3 heterocycles. The van der Waals surface area contributed by atoms with Gasteiger partial charge in [0.15, 0.2) is 0 Å². The molecule has 0 atom stereocenters. The Hall–Kier alpha value is -2.54. The monoisotopic (exact) mass is 391 g/mol. The van der Waals surface area contributed by atoms with Crippen LogP contribution in [0.4, 0.5) is 0 Å². The highest BCUT2D eigenvalue weighted by atomic mass is 16.5. The zero-order valence-electron chi connectivity index (χ0n) is 17.1. The number of imidazole rings is 1. The number of ether oxygens (including phenoxy) is 1. The van der Waals surface area contributed by atoms with Crippen LogP contribution in [0.2, 0.25) is 0 Å². The number of nitrogens with zero attached hydrogens (tertiary/aromatic N) is 5. The van der Waals surface area contributed by atoms with Crippen LogP contribution in [0, 0.1) is 6.92 Å². The molecule has 1 saturated heterocycles. The normalized spacial score (nSPS) is 15.1. The van der Waals surface area contributed by atoms with Crippen molar-refractivity contribution < 1.29 is 4.74 Å². The van der Waals surface area contributed by atoms with Gasteiger partial charge in [-0.2, -0.15) is 0 Å². The lowest BCUT2D eigenvalue weighted by Gasteiger charge is -2.30. The van der Waals surface area contributed by atoms with Gasteiger partial charge < -0.3 is 9.30 Å². The second-order valence-electron chi connectivity index (χ2n) is 7.54. The van der Waals surface area contributed by atoms with Crippen LogP contribution in [0.1, 0.15) is 17.0 Å². The number of hydrogen-bond donors (Lipinski definition) is 0. The summed E-state index contributed by atoms with van der Waals surface area (Å²) >= 11 is 0. The van der Waals surface area contributed by atoms with Gasteiger partial charge in [-0.05, 0) is 36.2 Å². The smallest absolute Gasteiger partial charge is 0.110 e. The van der Waals surface area contributed by atoms with Gasteiger partial charge in [-0.25, -0.2) is 4.98 Å². The van der Waals surface area contributed by atoms with Crippen molar-refractivity contribution in [1.29, 1.82) is 0 Å². The zero-order chi connectivity index (χ0) is 19.9. The number of hydrogen-bond acceptors (Lipinski definition) is 5. The second kappa shape index (κ2) is 9.78. The van der Waals surface area contributed by atoms with Gasteiger partial charge in [-0.15, -0.1) is 0 Å². The van der Waals surface area contributed by atoms with Crippen molar-refractivity contribution in [2.75, 3.05) is 39.4 Å². The maximum atomic E-state index is 5.48. The summed E-state index contributed by atoms with van der Waals surface area (Å²) in [5.74, 6) is 1.00. The number of rotatable bonds is 8. The minimum Gasteiger partial charge on any atom is -0.379 e. The minimum atomic E-state index is 0.845. The highest BCUT2D eigenvalue weighted by Gasteiger charge is 2.13. The van der Waals surface area contributed by atoms with E-state index >= 15 is 0 Å². The lowest BCUT2D eigenvalue weighted by molar-refractivity contribution is 0.0325. The first-order chi connectivity index (χ1) is 14.3. The highest BCUT2D eigenvalue weighted by Crippen LogP contribution is 2.15. The van der Waals surface area contributed by atoms with Crippen LogP contribution in [0.3, 0.4) is 0 Å². The summed E-state index contributed by atoms with van der Waals surface area (Å²) in [5.41, 5.74) is 3.72. The van der Waals surface area contributed by atoms with Crippen LogP contribution in [-0.4, -0.2) is 63.7 Å². The molecule has 1 aromatic carbocycles. The van der Waals surface area contributed by atoms with Gasteiger partial charge in [0, 0.05) is 69.7 Å². The third-order valence-electron chi connectivity index (χ3n) is 5.41. The Morgan fingerprint density at radius 1 is 1.00 bits per heavy atom. The highest BCUT2D eigenvalue weighted by molar-refractivity contribution is 5.35. The Balaban J connectivity index is 1.42. The Labute approximate surface area is 172 Å². The maximum Gasteiger partial charge on any atom is 0.110 e. The van der Waals surface area contributed by atoms with E-state index in [1.807, 2.05) is 37.8 Å². The molecule has 2 aromatic heterocycles. The molecule has 1 fully saturated rings. The summed E-state index contributed by atoms with van der Waals surface area (Å²) in [6.45, 7) is 9.68. The molecule has 4 rings (SSSR count). The van der Waals surface area contributed by atoms with E-state index in [4.69, 9.17) is 4.74 Å². The molecule has 0 saturated carbocycles. The van der Waals surface area contributed by atoms with Gasteiger partial charge in [0.05, 0.1) is 13.2 Å². The van der Waals surface area contributed by atoms with Crippen molar-refractivity contribution in [3.05, 3.63) is 78.1 Å². The summed E-state index contributed by atoms with van der Waals surface area (Å²) in [5, 5.41) is 0. The lowest BCUT2D eigenvalue weighted by Crippen LogP contribution is -2.41. The first-order valence-corrected chi connectivity index (χ1v) is 10.3. The lowest BCUT2D eigenvalue weighted by atomic mass is 10.1. The standard InChI is InChI=1S/C23H29N5O/c1-20-25-9-10-28(20)23-6-4-21(5-7-23)18-27(19-22-3-2-8-24-17-22)12-11-26-13-15-29-16-14-26/h2-10,17H,11-16,18-19H2,1H3. The van der Waals surface area contributed by atoms with Gasteiger partial charge >= 0.3 is 0 Å². The zero-order valence-corrected chi connectivity index (χ0v) is 17.1. The SMILES string of the molecule is Cc1nccn1-c1ccc(CN(CCN2CCOCC2)Cc2cccnc2)cc1. The Morgan fingerprint density at radius 2 is 1.79 bits per heavy atom. The third-order valence-corrected chi connectivity index (χ3v) is 5.41. The fourth-order valence-electron chi connectivity index (χ4n) is 3.74. The van der Waals surface area contributed by atoms with Crippen LogP contribution >= 0.6 is 0 Å². The fraction of sp³-hybridized carbons (Fsp3) is 0.391. The second-order valence-corrected chi connectivity index (χ2v) is 7.54. The number of morpholine rings is 1. The van der Waals surface area contributed by atoms with Crippen LogP contribution in [0.25, 0.3) is 5.69 Å². The van der Waals surface area contributed by atoms with Gasteiger partial charge in [0.2, 0.25) is 0 Å². The molecular weight excluding hydrogens is 362 g/mol. The average molecular weight is 392 g/mol. The van der Waals surface area contributed by atoms with E-state index in [0.29, 0.717) is 0 Å². The molecule has 6 nitrogen and oxygen atoms in total. The molecule has 29 heavy (non-hydrogen) atoms. The molecule has 3 aromatic rings. The largest absolute Gasteiger partial charge is 0.379 e. The predicted octanol–water partition coefficient (Wildman–Crippen LogP) is 2.91. The summed E-state index contributed by atoms with van der Waals surface area (Å²) < 4.78 is 7.58. The molecule has 0 aliphatic carbocycles. The summed E-state index contributed by atoms with van der Waals surface area (Å²) in [4.78, 5) is 13.6. The summed E-state index contributed by atoms with van der Waals surface area (Å²) in [6.07, 6.45) is 7.64. The van der Waals surface area contributed by atoms with Crippen molar-refractivity contribution in [1.82, 2.24) is 24.3 Å². The topological polar surface area (TPSA) is 46.4 Å². The van der Waals surface area contributed by atoms with E-state index < -0.39 is 0 Å². The molecule has 0 N–H and O–H groups in total. The predicted molar refractivity (Wildman–Crippen MR) is 114 cm³/mol. The number of pyridine rings is 1. The number of benzene rings is 1. The molecule has 0 spiro atoms. The summed E-state index contributed by atoms with van der Waals surface area (Å²) in [6, 6.07) is 13.0. The molecule has 152 valence electrons. The summed E-state index contributed by atoms with van der Waals surface area (Å²) in [7, 11) is 0. The number of aryl methyl sites for hydroxylation is 1. The van der Waals surface area contributed by atoms with E-state index in [-0.39, 0.29) is 0 Å². The molecule has 0 unspecified atom stereocenters. The first-order valence-electron chi connectivity index (χ1n) is 10.3. The molecule has 0 bridgehead atoms. The van der Waals surface area contributed by atoms with Gasteiger partial charge in [-0.1, -0.05) is 18.2 Å². The van der Waals surface area contributed by atoms with Crippen molar-refractivity contribution in [2.45, 2.75) is 20.0 Å². The Kier molecular flexibility index (Phi) is 6.67. The van der Waals surface area contributed by atoms with Crippen LogP contribution in [0.15, 0.2) is 61.2 Å². The van der Waals surface area contributed by atoms with Crippen molar-refractivity contribution in [3.8, 4) is 5.69 Å². The number of aromatic nitrogens is 3. The van der Waals surface area contributed by atoms with Crippen LogP contribution < -0.4 is 0 Å². The van der Waals surface area contributed by atoms with Crippen molar-refractivity contribution in [3.63, 3.8) is 0 Å². The van der Waals surface area contributed by atoms with E-state index in [9.17, 15) is 0 Å². The van der Waals surface area contributed by atoms with Gasteiger partial charge in [0.1, 0.15) is 5.82 Å². The molecule has 1 aliphatic heterocycles. The van der Waals surface area contributed by atoms with E-state index in [1.54, 1.807) is 0 Å². The van der Waals surface area contributed by atoms with Crippen molar-refractivity contribution in [2.24, 2.45) is 0 Å². The Morgan fingerprint density at radius 3 is 2.48 bits per heavy atom. The van der Waals surface area contributed by atoms with E-state index in [1.165, 1.54) is 11.1 Å². The molecule has 0 amide bonds. The third kappa shape index (κ3) is 5.50. The molecular formula is C23H29N5O. The maximum absolute atomic E-state index is 5.48. The molecule has 6 heteroatoms. The quantitative estimate of drug-likeness (QED) is 0.591.